The van der Waals surface area contributed by atoms with Crippen LogP contribution in [-0.4, -0.2) is 37.1 Å². The Labute approximate surface area is 156 Å². The number of nitrogens with one attached hydrogen (secondary N) is 1. The summed E-state index contributed by atoms with van der Waals surface area (Å²) in [5, 5.41) is 2.34. The van der Waals surface area contributed by atoms with Crippen molar-refractivity contribution in [3.05, 3.63) is 40.4 Å². The second kappa shape index (κ2) is 7.96. The number of thiazole rings is 1. The molecule has 26 heavy (non-hydrogen) atoms. The van der Waals surface area contributed by atoms with Crippen molar-refractivity contribution >= 4 is 38.2 Å². The molecular weight excluding hydrogens is 376 g/mol. The van der Waals surface area contributed by atoms with E-state index in [1.54, 1.807) is 27.7 Å². The van der Waals surface area contributed by atoms with Gasteiger partial charge in [-0.05, 0) is 52.0 Å². The minimum absolute atomic E-state index is 0.166. The molecule has 1 heterocycles. The van der Waals surface area contributed by atoms with Gasteiger partial charge in [-0.15, -0.1) is 0 Å². The minimum atomic E-state index is -3.39. The fraction of sp³-hybridized carbons (Fsp3) is 0.353. The number of sulfone groups is 1. The lowest BCUT2D eigenvalue weighted by Gasteiger charge is -2.08. The standard InChI is InChI=1S/C17H20N2O5S2/c1-5-24-16(21)14-11(4)18-17(25-14)19-15(20)12-6-8-13(9-7-12)26(22,23)10(2)3/h6-10H,5H2,1-4H3,(H,18,19,20). The first-order valence-electron chi connectivity index (χ1n) is 7.96. The van der Waals surface area contributed by atoms with Crippen LogP contribution in [0.4, 0.5) is 5.13 Å². The van der Waals surface area contributed by atoms with E-state index in [2.05, 4.69) is 10.3 Å². The van der Waals surface area contributed by atoms with Crippen molar-refractivity contribution in [3.63, 3.8) is 0 Å². The van der Waals surface area contributed by atoms with Crippen LogP contribution in [-0.2, 0) is 14.6 Å². The molecule has 0 saturated heterocycles. The number of rotatable bonds is 6. The number of ether oxygens (including phenoxy) is 1. The second-order valence-corrected chi connectivity index (χ2v) is 9.23. The maximum Gasteiger partial charge on any atom is 0.350 e. The summed E-state index contributed by atoms with van der Waals surface area (Å²) in [7, 11) is -3.39. The number of carbonyl (C=O) groups excluding carboxylic acids is 2. The lowest BCUT2D eigenvalue weighted by atomic mass is 10.2. The van der Waals surface area contributed by atoms with Gasteiger partial charge in [0.15, 0.2) is 15.0 Å². The van der Waals surface area contributed by atoms with Crippen LogP contribution in [0, 0.1) is 6.92 Å². The molecule has 140 valence electrons. The quantitative estimate of drug-likeness (QED) is 0.753. The van der Waals surface area contributed by atoms with Gasteiger partial charge >= 0.3 is 5.97 Å². The van der Waals surface area contributed by atoms with Crippen molar-refractivity contribution in [3.8, 4) is 0 Å². The maximum atomic E-state index is 12.3. The number of esters is 1. The lowest BCUT2D eigenvalue weighted by molar-refractivity contribution is 0.0531. The van der Waals surface area contributed by atoms with E-state index in [1.165, 1.54) is 24.3 Å². The normalized spacial score (nSPS) is 11.4. The molecule has 9 heteroatoms. The predicted octanol–water partition coefficient (Wildman–Crippen LogP) is 3.06. The van der Waals surface area contributed by atoms with Crippen LogP contribution in [0.1, 0.15) is 46.5 Å². The third-order valence-electron chi connectivity index (χ3n) is 3.54. The number of carbonyl (C=O) groups is 2. The largest absolute Gasteiger partial charge is 0.462 e. The summed E-state index contributed by atoms with van der Waals surface area (Å²) in [4.78, 5) is 28.8. The Morgan fingerprint density at radius 3 is 2.38 bits per heavy atom. The molecule has 0 fully saturated rings. The van der Waals surface area contributed by atoms with E-state index in [4.69, 9.17) is 4.74 Å². The zero-order chi connectivity index (χ0) is 19.5. The van der Waals surface area contributed by atoms with Crippen molar-refractivity contribution in [1.29, 1.82) is 0 Å². The van der Waals surface area contributed by atoms with Crippen molar-refractivity contribution < 1.29 is 22.7 Å². The fourth-order valence-electron chi connectivity index (χ4n) is 2.07. The van der Waals surface area contributed by atoms with Gasteiger partial charge in [-0.25, -0.2) is 18.2 Å². The number of anilines is 1. The van der Waals surface area contributed by atoms with Crippen molar-refractivity contribution in [2.24, 2.45) is 0 Å². The van der Waals surface area contributed by atoms with Gasteiger partial charge in [0, 0.05) is 5.56 Å². The summed E-state index contributed by atoms with van der Waals surface area (Å²) < 4.78 is 29.2. The van der Waals surface area contributed by atoms with Gasteiger partial charge in [0.05, 0.1) is 22.4 Å². The molecule has 2 rings (SSSR count). The zero-order valence-electron chi connectivity index (χ0n) is 14.9. The van der Waals surface area contributed by atoms with Crippen LogP contribution in [0.25, 0.3) is 0 Å². The van der Waals surface area contributed by atoms with Crippen molar-refractivity contribution in [2.75, 3.05) is 11.9 Å². The van der Waals surface area contributed by atoms with Crippen LogP contribution in [0.2, 0.25) is 0 Å². The summed E-state index contributed by atoms with van der Waals surface area (Å²) in [6.07, 6.45) is 0. The summed E-state index contributed by atoms with van der Waals surface area (Å²) in [5.74, 6) is -0.922. The molecule has 1 aromatic heterocycles. The molecule has 7 nitrogen and oxygen atoms in total. The van der Waals surface area contributed by atoms with Crippen molar-refractivity contribution in [1.82, 2.24) is 4.98 Å². The van der Waals surface area contributed by atoms with E-state index in [0.29, 0.717) is 16.1 Å². The molecule has 0 aliphatic carbocycles. The van der Waals surface area contributed by atoms with E-state index in [1.807, 2.05) is 0 Å². The smallest absolute Gasteiger partial charge is 0.350 e. The zero-order valence-corrected chi connectivity index (χ0v) is 16.5. The Bertz CT molecular complexity index is 915. The Hall–Kier alpha value is -2.26. The van der Waals surface area contributed by atoms with E-state index in [9.17, 15) is 18.0 Å². The van der Waals surface area contributed by atoms with Gasteiger partial charge < -0.3 is 4.74 Å². The van der Waals surface area contributed by atoms with Crippen LogP contribution in [0.3, 0.4) is 0 Å². The third kappa shape index (κ3) is 4.28. The summed E-state index contributed by atoms with van der Waals surface area (Å²) >= 11 is 1.03. The van der Waals surface area contributed by atoms with E-state index < -0.39 is 27.0 Å². The van der Waals surface area contributed by atoms with Gasteiger partial charge in [0.1, 0.15) is 4.88 Å². The minimum Gasteiger partial charge on any atom is -0.462 e. The fourth-order valence-corrected chi connectivity index (χ4v) is 3.99. The predicted molar refractivity (Wildman–Crippen MR) is 99.5 cm³/mol. The van der Waals surface area contributed by atoms with Gasteiger partial charge in [-0.1, -0.05) is 11.3 Å². The van der Waals surface area contributed by atoms with Crippen molar-refractivity contribution in [2.45, 2.75) is 37.8 Å². The Kier molecular flexibility index (Phi) is 6.14. The molecule has 0 saturated carbocycles. The van der Waals surface area contributed by atoms with Gasteiger partial charge in [0.2, 0.25) is 0 Å². The van der Waals surface area contributed by atoms with Gasteiger partial charge in [-0.2, -0.15) is 0 Å². The third-order valence-corrected chi connectivity index (χ3v) is 6.77. The average molecular weight is 396 g/mol. The first-order chi connectivity index (χ1) is 12.2. The highest BCUT2D eigenvalue weighted by Crippen LogP contribution is 2.24. The molecular formula is C17H20N2O5S2. The number of aromatic nitrogens is 1. The lowest BCUT2D eigenvalue weighted by Crippen LogP contribution is -2.15. The van der Waals surface area contributed by atoms with E-state index in [0.717, 1.165) is 11.3 Å². The molecule has 1 N–H and O–H groups in total. The molecule has 2 aromatic rings. The molecule has 0 spiro atoms. The van der Waals surface area contributed by atoms with Crippen LogP contribution in [0.5, 0.6) is 0 Å². The topological polar surface area (TPSA) is 102 Å². The van der Waals surface area contributed by atoms with Crippen LogP contribution in [0.15, 0.2) is 29.2 Å². The number of hydrogen-bond donors (Lipinski definition) is 1. The number of amides is 1. The molecule has 1 amide bonds. The highest BCUT2D eigenvalue weighted by molar-refractivity contribution is 7.92. The first-order valence-corrected chi connectivity index (χ1v) is 10.3. The average Bonchev–Trinajstić information content (AvgIpc) is 2.95. The second-order valence-electron chi connectivity index (χ2n) is 5.73. The Morgan fingerprint density at radius 1 is 1.23 bits per heavy atom. The molecule has 0 atom stereocenters. The molecule has 0 aliphatic rings. The van der Waals surface area contributed by atoms with Gasteiger partial charge in [-0.3, -0.25) is 10.1 Å². The monoisotopic (exact) mass is 396 g/mol. The molecule has 0 bridgehead atoms. The van der Waals surface area contributed by atoms with E-state index >= 15 is 0 Å². The van der Waals surface area contributed by atoms with Crippen LogP contribution >= 0.6 is 11.3 Å². The van der Waals surface area contributed by atoms with Gasteiger partial charge in [0.25, 0.3) is 5.91 Å². The SMILES string of the molecule is CCOC(=O)c1sc(NC(=O)c2ccc(S(=O)(=O)C(C)C)cc2)nc1C. The summed E-state index contributed by atoms with van der Waals surface area (Å²) in [5.41, 5.74) is 0.764. The molecule has 0 radical (unpaired) electrons. The van der Waals surface area contributed by atoms with E-state index in [-0.39, 0.29) is 16.6 Å². The number of benzene rings is 1. The molecule has 0 unspecified atom stereocenters. The number of hydrogen-bond acceptors (Lipinski definition) is 7. The van der Waals surface area contributed by atoms with Crippen LogP contribution < -0.4 is 5.32 Å². The number of nitrogens with zero attached hydrogens (tertiary/aromatic N) is 1. The highest BCUT2D eigenvalue weighted by Gasteiger charge is 2.20. The first kappa shape index (κ1) is 20.1. The maximum absolute atomic E-state index is 12.3. The highest BCUT2D eigenvalue weighted by atomic mass is 32.2. The Balaban J connectivity index is 2.16. The Morgan fingerprint density at radius 2 is 1.85 bits per heavy atom. The molecule has 0 aliphatic heterocycles. The summed E-state index contributed by atoms with van der Waals surface area (Å²) in [6, 6.07) is 5.69. The number of aryl methyl sites for hydroxylation is 1. The summed E-state index contributed by atoms with van der Waals surface area (Å²) in [6.45, 7) is 6.82. The molecule has 1 aromatic carbocycles.